The molecule has 3 N–H and O–H groups in total. The number of benzene rings is 2. The number of anilines is 5. The van der Waals surface area contributed by atoms with Crippen LogP contribution in [0, 0.1) is 0 Å². The number of nitrogens with zero attached hydrogens (tertiary/aromatic N) is 4. The fourth-order valence-corrected chi connectivity index (χ4v) is 5.30. The number of hydrogen-bond acceptors (Lipinski definition) is 8. The molecule has 0 radical (unpaired) electrons. The van der Waals surface area contributed by atoms with E-state index in [1.807, 2.05) is 4.90 Å². The van der Waals surface area contributed by atoms with E-state index in [1.54, 1.807) is 18.2 Å². The van der Waals surface area contributed by atoms with Crippen LogP contribution in [0.3, 0.4) is 0 Å². The molecule has 188 valence electrons. The lowest BCUT2D eigenvalue weighted by atomic mass is 10.2. The van der Waals surface area contributed by atoms with Crippen LogP contribution in [0.2, 0.25) is 10.0 Å². The molecular formula is C23H19Cl2F3N6OS. The van der Waals surface area contributed by atoms with Crippen LogP contribution in [-0.2, 0) is 6.18 Å². The van der Waals surface area contributed by atoms with Crippen molar-refractivity contribution in [2.45, 2.75) is 25.1 Å². The molecule has 7 nitrogen and oxygen atoms in total. The van der Waals surface area contributed by atoms with E-state index in [0.717, 1.165) is 25.0 Å². The van der Waals surface area contributed by atoms with Crippen LogP contribution in [0.5, 0.6) is 0 Å². The van der Waals surface area contributed by atoms with E-state index in [-0.39, 0.29) is 12.6 Å². The summed E-state index contributed by atoms with van der Waals surface area (Å²) in [5.41, 5.74) is 0.575. The maximum Gasteiger partial charge on any atom is 0.416 e. The fraction of sp³-hybridized carbons (Fsp3) is 0.261. The average molecular weight is 555 g/mol. The molecule has 0 saturated carbocycles. The van der Waals surface area contributed by atoms with Crippen LogP contribution in [-0.4, -0.2) is 39.3 Å². The Morgan fingerprint density at radius 3 is 2.42 bits per heavy atom. The highest BCUT2D eigenvalue weighted by atomic mass is 35.5. The number of aliphatic hydroxyl groups excluding tert-OH is 1. The van der Waals surface area contributed by atoms with Crippen LogP contribution >= 0.6 is 34.5 Å². The topological polar surface area (TPSA) is 86.2 Å². The third-order valence-electron chi connectivity index (χ3n) is 5.76. The summed E-state index contributed by atoms with van der Waals surface area (Å²) in [4.78, 5) is 16.4. The summed E-state index contributed by atoms with van der Waals surface area (Å²) in [7, 11) is 0. The zero-order valence-corrected chi connectivity index (χ0v) is 20.8. The van der Waals surface area contributed by atoms with E-state index in [4.69, 9.17) is 23.2 Å². The molecule has 1 saturated heterocycles. The molecule has 0 spiro atoms. The first-order valence-corrected chi connectivity index (χ1v) is 12.5. The van der Waals surface area contributed by atoms with Crippen molar-refractivity contribution in [1.29, 1.82) is 0 Å². The molecule has 2 aromatic heterocycles. The summed E-state index contributed by atoms with van der Waals surface area (Å²) in [5.74, 6) is 0.729. The first-order chi connectivity index (χ1) is 17.2. The van der Waals surface area contributed by atoms with Gasteiger partial charge >= 0.3 is 6.18 Å². The summed E-state index contributed by atoms with van der Waals surface area (Å²) in [6.07, 6.45) is -2.74. The second-order valence-electron chi connectivity index (χ2n) is 8.14. The van der Waals surface area contributed by atoms with Crippen molar-refractivity contribution < 1.29 is 18.3 Å². The third kappa shape index (κ3) is 5.01. The van der Waals surface area contributed by atoms with Crippen LogP contribution < -0.4 is 15.5 Å². The highest BCUT2D eigenvalue weighted by Crippen LogP contribution is 2.38. The summed E-state index contributed by atoms with van der Waals surface area (Å²) in [5, 5.41) is 17.3. The Morgan fingerprint density at radius 1 is 1.03 bits per heavy atom. The molecule has 36 heavy (non-hydrogen) atoms. The number of fused-ring (bicyclic) bond motifs is 1. The van der Waals surface area contributed by atoms with Crippen LogP contribution in [0.1, 0.15) is 18.4 Å². The van der Waals surface area contributed by atoms with Crippen molar-refractivity contribution in [3.05, 3.63) is 58.1 Å². The van der Waals surface area contributed by atoms with Crippen molar-refractivity contribution in [2.24, 2.45) is 0 Å². The van der Waals surface area contributed by atoms with Gasteiger partial charge in [-0.3, -0.25) is 0 Å². The van der Waals surface area contributed by atoms with Crippen LogP contribution in [0.15, 0.2) is 42.5 Å². The van der Waals surface area contributed by atoms with Gasteiger partial charge in [0.2, 0.25) is 5.95 Å². The lowest BCUT2D eigenvalue weighted by molar-refractivity contribution is -0.137. The maximum atomic E-state index is 13.0. The summed E-state index contributed by atoms with van der Waals surface area (Å²) < 4.78 is 39.0. The number of halogens is 5. The molecular weight excluding hydrogens is 536 g/mol. The van der Waals surface area contributed by atoms with Crippen molar-refractivity contribution in [3.8, 4) is 0 Å². The Hall–Kier alpha value is -2.86. The number of rotatable bonds is 6. The number of alkyl halides is 3. The molecule has 1 aliphatic rings. The van der Waals surface area contributed by atoms with Crippen molar-refractivity contribution in [3.63, 3.8) is 0 Å². The van der Waals surface area contributed by atoms with Gasteiger partial charge in [-0.05, 0) is 49.2 Å². The van der Waals surface area contributed by atoms with Gasteiger partial charge < -0.3 is 20.6 Å². The second kappa shape index (κ2) is 9.89. The minimum absolute atomic E-state index is 0.0381. The van der Waals surface area contributed by atoms with Gasteiger partial charge in [0.25, 0.3) is 0 Å². The largest absolute Gasteiger partial charge is 0.416 e. The Morgan fingerprint density at radius 2 is 1.75 bits per heavy atom. The molecule has 4 aromatic rings. The third-order valence-corrected chi connectivity index (χ3v) is 7.26. The lowest BCUT2D eigenvalue weighted by Crippen LogP contribution is -2.33. The monoisotopic (exact) mass is 554 g/mol. The molecule has 0 aliphatic carbocycles. The molecule has 0 amide bonds. The molecule has 5 rings (SSSR count). The van der Waals surface area contributed by atoms with Gasteiger partial charge in [0.15, 0.2) is 15.8 Å². The summed E-state index contributed by atoms with van der Waals surface area (Å²) in [6, 6.07) is 9.66. The van der Waals surface area contributed by atoms with Gasteiger partial charge in [-0.1, -0.05) is 40.6 Å². The van der Waals surface area contributed by atoms with E-state index in [1.165, 1.54) is 23.5 Å². The number of para-hydroxylation sites is 1. The number of aromatic nitrogens is 3. The normalized spacial score (nSPS) is 16.1. The Labute approximate surface area is 217 Å². The van der Waals surface area contributed by atoms with Crippen molar-refractivity contribution >= 4 is 73.2 Å². The first kappa shape index (κ1) is 24.8. The smallest absolute Gasteiger partial charge is 0.394 e. The molecule has 1 atom stereocenters. The minimum atomic E-state index is -4.43. The molecule has 3 heterocycles. The highest BCUT2D eigenvalue weighted by molar-refractivity contribution is 7.22. The Kier molecular flexibility index (Phi) is 6.82. The second-order valence-corrected chi connectivity index (χ2v) is 9.93. The van der Waals surface area contributed by atoms with Crippen LogP contribution in [0.4, 0.5) is 41.4 Å². The van der Waals surface area contributed by atoms with Gasteiger partial charge in [-0.15, -0.1) is 0 Å². The van der Waals surface area contributed by atoms with E-state index in [2.05, 4.69) is 25.6 Å². The van der Waals surface area contributed by atoms with E-state index < -0.39 is 11.7 Å². The Balaban J connectivity index is 1.55. The SMILES string of the molecule is OCC1CCCN1c1nc(Nc2ccc(C(F)(F)F)cc2)c2nc(Nc3c(Cl)cccc3Cl)sc2n1. The van der Waals surface area contributed by atoms with Gasteiger partial charge in [-0.25, -0.2) is 4.98 Å². The fourth-order valence-electron chi connectivity index (χ4n) is 3.97. The quantitative estimate of drug-likeness (QED) is 0.240. The zero-order valence-electron chi connectivity index (χ0n) is 18.5. The maximum absolute atomic E-state index is 13.0. The predicted octanol–water partition coefficient (Wildman–Crippen LogP) is 6.86. The highest BCUT2D eigenvalue weighted by Gasteiger charge is 2.30. The molecule has 1 unspecified atom stereocenters. The molecule has 1 fully saturated rings. The van der Waals surface area contributed by atoms with E-state index in [0.29, 0.717) is 55.2 Å². The van der Waals surface area contributed by atoms with Crippen molar-refractivity contribution in [1.82, 2.24) is 15.0 Å². The molecule has 0 bridgehead atoms. The van der Waals surface area contributed by atoms with Gasteiger partial charge in [0, 0.05) is 12.2 Å². The van der Waals surface area contributed by atoms with E-state index in [9.17, 15) is 18.3 Å². The number of hydrogen-bond donors (Lipinski definition) is 3. The Bertz CT molecular complexity index is 1380. The number of thiazole rings is 1. The summed E-state index contributed by atoms with van der Waals surface area (Å²) in [6.45, 7) is 0.638. The van der Waals surface area contributed by atoms with Crippen molar-refractivity contribution in [2.75, 3.05) is 28.7 Å². The lowest BCUT2D eigenvalue weighted by Gasteiger charge is -2.23. The van der Waals surface area contributed by atoms with Gasteiger partial charge in [0.05, 0.1) is 33.9 Å². The average Bonchev–Trinajstić information content (AvgIpc) is 3.48. The predicted molar refractivity (Wildman–Crippen MR) is 137 cm³/mol. The molecule has 2 aromatic carbocycles. The van der Waals surface area contributed by atoms with Gasteiger partial charge in [-0.2, -0.15) is 23.1 Å². The first-order valence-electron chi connectivity index (χ1n) is 10.9. The molecule has 1 aliphatic heterocycles. The molecule has 13 heteroatoms. The zero-order chi connectivity index (χ0) is 25.4. The standard InChI is InChI=1S/C23H19Cl2F3N6OS/c24-15-4-1-5-16(25)17(15)30-22-31-18-19(29-13-8-6-12(7-9-13)23(26,27)28)32-21(33-20(18)36-22)34-10-2-3-14(34)11-35/h1,4-9,14,35H,2-3,10-11H2,(H,30,31)(H,29,32,33). The van der Waals surface area contributed by atoms with E-state index >= 15 is 0 Å². The van der Waals surface area contributed by atoms with Gasteiger partial charge in [0.1, 0.15) is 5.52 Å². The van der Waals surface area contributed by atoms with Crippen LogP contribution in [0.25, 0.3) is 10.3 Å². The summed E-state index contributed by atoms with van der Waals surface area (Å²) >= 11 is 13.8. The number of aliphatic hydroxyl groups is 1. The number of nitrogens with one attached hydrogen (secondary N) is 2. The minimum Gasteiger partial charge on any atom is -0.394 e.